The molecule has 0 aliphatic carbocycles. The number of amides is 2. The summed E-state index contributed by atoms with van der Waals surface area (Å²) in [5.74, 6) is -2.12. The second-order valence-electron chi connectivity index (χ2n) is 8.62. The predicted octanol–water partition coefficient (Wildman–Crippen LogP) is 3.61. The third kappa shape index (κ3) is 5.01. The van der Waals surface area contributed by atoms with Gasteiger partial charge in [-0.3, -0.25) is 9.59 Å². The Hall–Kier alpha value is -4.20. The van der Waals surface area contributed by atoms with Gasteiger partial charge in [0.25, 0.3) is 5.91 Å². The molecule has 0 spiro atoms. The Kier molecular flexibility index (Phi) is 7.10. The van der Waals surface area contributed by atoms with Crippen LogP contribution in [0, 0.1) is 0 Å². The topological polar surface area (TPSA) is 136 Å². The highest BCUT2D eigenvalue weighted by atomic mass is 16.3. The van der Waals surface area contributed by atoms with Gasteiger partial charge < -0.3 is 31.3 Å². The fourth-order valence-corrected chi connectivity index (χ4v) is 4.69. The van der Waals surface area contributed by atoms with Crippen molar-refractivity contribution in [2.45, 2.75) is 31.7 Å². The van der Waals surface area contributed by atoms with Crippen LogP contribution in [0.2, 0.25) is 0 Å². The molecule has 0 saturated carbocycles. The molecule has 182 valence electrons. The number of phenolic OH excluding ortho intramolecular Hbond substituents is 3. The number of carbonyl (C=O) groups excluding carboxylic acids is 2. The number of piperidine rings is 1. The summed E-state index contributed by atoms with van der Waals surface area (Å²) in [6.45, 7) is 0.960. The molecular formula is C27H29N3O5. The van der Waals surface area contributed by atoms with Gasteiger partial charge >= 0.3 is 0 Å². The maximum absolute atomic E-state index is 13.2. The number of hydrogen-bond acceptors (Lipinski definition) is 6. The van der Waals surface area contributed by atoms with Gasteiger partial charge in [0.05, 0.1) is 17.3 Å². The van der Waals surface area contributed by atoms with Crippen LogP contribution in [0.1, 0.15) is 57.1 Å². The molecule has 1 aliphatic heterocycles. The lowest BCUT2D eigenvalue weighted by Crippen LogP contribution is -2.36. The first-order valence-electron chi connectivity index (χ1n) is 11.6. The first kappa shape index (κ1) is 23.9. The largest absolute Gasteiger partial charge is 0.504 e. The zero-order valence-electron chi connectivity index (χ0n) is 19.3. The Bertz CT molecular complexity index is 1240. The summed E-state index contributed by atoms with van der Waals surface area (Å²) in [5, 5.41) is 32.1. The highest BCUT2D eigenvalue weighted by Crippen LogP contribution is 2.38. The number of para-hydroxylation sites is 1. The lowest BCUT2D eigenvalue weighted by Gasteiger charge is -2.39. The molecule has 3 aromatic carbocycles. The monoisotopic (exact) mass is 475 g/mol. The quantitative estimate of drug-likeness (QED) is 0.331. The molecule has 0 bridgehead atoms. The van der Waals surface area contributed by atoms with Gasteiger partial charge in [0.2, 0.25) is 11.7 Å². The van der Waals surface area contributed by atoms with Crippen molar-refractivity contribution in [1.29, 1.82) is 0 Å². The predicted molar refractivity (Wildman–Crippen MR) is 133 cm³/mol. The van der Waals surface area contributed by atoms with E-state index in [1.165, 1.54) is 12.1 Å². The summed E-state index contributed by atoms with van der Waals surface area (Å²) in [6, 6.07) is 17.4. The van der Waals surface area contributed by atoms with E-state index in [0.717, 1.165) is 37.1 Å². The Morgan fingerprint density at radius 3 is 2.40 bits per heavy atom. The highest BCUT2D eigenvalue weighted by molar-refractivity contribution is 6.00. The first-order chi connectivity index (χ1) is 16.9. The summed E-state index contributed by atoms with van der Waals surface area (Å²) >= 11 is 0. The molecular weight excluding hydrogens is 446 g/mol. The molecule has 3 aromatic rings. The second kappa shape index (κ2) is 10.4. The molecule has 0 aromatic heterocycles. The standard InChI is InChI=1S/C27H29N3O5/c28-26(34)19-8-2-1-7-18(19)21-11-5-6-16-30(21)22-10-4-3-9-20(22)27(35)29-15-14-17-12-13-23(31)25(33)24(17)32/h1-4,7-10,12-13,21,31-33H,5-6,11,14-16H2,(H2,28,34)(H,29,35). The number of benzene rings is 3. The number of primary amides is 1. The van der Waals surface area contributed by atoms with Gasteiger partial charge in [-0.25, -0.2) is 0 Å². The van der Waals surface area contributed by atoms with Crippen LogP contribution in [0.3, 0.4) is 0 Å². The molecule has 1 saturated heterocycles. The van der Waals surface area contributed by atoms with Crippen molar-refractivity contribution < 1.29 is 24.9 Å². The SMILES string of the molecule is NC(=O)c1ccccc1C1CCCCN1c1ccccc1C(=O)NCCc1ccc(O)c(O)c1O. The summed E-state index contributed by atoms with van der Waals surface area (Å²) in [7, 11) is 0. The van der Waals surface area contributed by atoms with E-state index in [2.05, 4.69) is 10.2 Å². The van der Waals surface area contributed by atoms with Gasteiger partial charge in [-0.05, 0) is 61.1 Å². The van der Waals surface area contributed by atoms with Gasteiger partial charge in [-0.2, -0.15) is 0 Å². The van der Waals surface area contributed by atoms with Crippen molar-refractivity contribution >= 4 is 17.5 Å². The van der Waals surface area contributed by atoms with E-state index < -0.39 is 23.2 Å². The molecule has 8 heteroatoms. The first-order valence-corrected chi connectivity index (χ1v) is 11.6. The van der Waals surface area contributed by atoms with E-state index in [9.17, 15) is 24.9 Å². The van der Waals surface area contributed by atoms with Crippen LogP contribution in [-0.4, -0.2) is 40.2 Å². The number of aromatic hydroxyl groups is 3. The van der Waals surface area contributed by atoms with Crippen LogP contribution in [0.5, 0.6) is 17.2 Å². The molecule has 6 N–H and O–H groups in total. The summed E-state index contributed by atoms with van der Waals surface area (Å²) < 4.78 is 0. The van der Waals surface area contributed by atoms with Crippen LogP contribution in [0.4, 0.5) is 5.69 Å². The number of nitrogens with one attached hydrogen (secondary N) is 1. The molecule has 1 aliphatic rings. The van der Waals surface area contributed by atoms with Crippen LogP contribution in [0.15, 0.2) is 60.7 Å². The fraction of sp³-hybridized carbons (Fsp3) is 0.259. The molecule has 35 heavy (non-hydrogen) atoms. The highest BCUT2D eigenvalue weighted by Gasteiger charge is 2.29. The van der Waals surface area contributed by atoms with Crippen molar-refractivity contribution in [3.05, 3.63) is 82.9 Å². The minimum Gasteiger partial charge on any atom is -0.504 e. The van der Waals surface area contributed by atoms with E-state index in [1.54, 1.807) is 24.3 Å². The van der Waals surface area contributed by atoms with Crippen LogP contribution in [-0.2, 0) is 6.42 Å². The molecule has 1 atom stereocenters. The molecule has 2 amide bonds. The van der Waals surface area contributed by atoms with E-state index >= 15 is 0 Å². The van der Waals surface area contributed by atoms with E-state index in [0.29, 0.717) is 16.7 Å². The van der Waals surface area contributed by atoms with E-state index in [1.807, 2.05) is 24.3 Å². The minimum absolute atomic E-state index is 0.0849. The van der Waals surface area contributed by atoms with Crippen molar-refractivity contribution in [1.82, 2.24) is 5.32 Å². The fourth-order valence-electron chi connectivity index (χ4n) is 4.69. The lowest BCUT2D eigenvalue weighted by molar-refractivity contribution is 0.0952. The van der Waals surface area contributed by atoms with Gasteiger partial charge in [-0.1, -0.05) is 36.4 Å². The Morgan fingerprint density at radius 1 is 0.914 bits per heavy atom. The van der Waals surface area contributed by atoms with Crippen molar-refractivity contribution in [2.24, 2.45) is 5.73 Å². The molecule has 1 heterocycles. The van der Waals surface area contributed by atoms with E-state index in [-0.39, 0.29) is 24.9 Å². The number of nitrogens with zero attached hydrogens (tertiary/aromatic N) is 1. The average Bonchev–Trinajstić information content (AvgIpc) is 2.88. The Labute approximate surface area is 203 Å². The van der Waals surface area contributed by atoms with Crippen LogP contribution in [0.25, 0.3) is 0 Å². The zero-order chi connectivity index (χ0) is 24.9. The Balaban J connectivity index is 1.55. The molecule has 1 fully saturated rings. The number of rotatable bonds is 7. The van der Waals surface area contributed by atoms with Crippen molar-refractivity contribution in [3.63, 3.8) is 0 Å². The van der Waals surface area contributed by atoms with Gasteiger partial charge in [0.1, 0.15) is 0 Å². The summed E-state index contributed by atoms with van der Waals surface area (Å²) in [6.07, 6.45) is 3.08. The number of anilines is 1. The molecule has 0 radical (unpaired) electrons. The third-order valence-corrected chi connectivity index (χ3v) is 6.44. The maximum atomic E-state index is 13.2. The van der Waals surface area contributed by atoms with Gasteiger partial charge in [-0.15, -0.1) is 0 Å². The second-order valence-corrected chi connectivity index (χ2v) is 8.62. The minimum atomic E-state index is -0.577. The van der Waals surface area contributed by atoms with Crippen LogP contribution < -0.4 is 16.0 Å². The van der Waals surface area contributed by atoms with Gasteiger partial charge in [0.15, 0.2) is 11.5 Å². The van der Waals surface area contributed by atoms with Gasteiger partial charge in [0, 0.05) is 18.7 Å². The molecule has 8 nitrogen and oxygen atoms in total. The summed E-state index contributed by atoms with van der Waals surface area (Å²) in [5.41, 5.74) is 8.69. The summed E-state index contributed by atoms with van der Waals surface area (Å²) in [4.78, 5) is 27.4. The smallest absolute Gasteiger partial charge is 0.253 e. The number of carbonyl (C=O) groups is 2. The lowest BCUT2D eigenvalue weighted by atomic mass is 9.90. The molecule has 4 rings (SSSR count). The molecule has 1 unspecified atom stereocenters. The number of phenols is 3. The average molecular weight is 476 g/mol. The van der Waals surface area contributed by atoms with E-state index in [4.69, 9.17) is 5.73 Å². The third-order valence-electron chi connectivity index (χ3n) is 6.44. The number of nitrogens with two attached hydrogens (primary N) is 1. The Morgan fingerprint density at radius 2 is 1.63 bits per heavy atom. The zero-order valence-corrected chi connectivity index (χ0v) is 19.3. The number of hydrogen-bond donors (Lipinski definition) is 5. The normalized spacial score (nSPS) is 15.5. The van der Waals surface area contributed by atoms with Crippen molar-refractivity contribution in [2.75, 3.05) is 18.0 Å². The maximum Gasteiger partial charge on any atom is 0.253 e. The van der Waals surface area contributed by atoms with Crippen LogP contribution >= 0.6 is 0 Å². The van der Waals surface area contributed by atoms with Crippen molar-refractivity contribution in [3.8, 4) is 17.2 Å².